The fourth-order valence-corrected chi connectivity index (χ4v) is 0.531. The molecule has 1 aromatic rings. The molecule has 0 saturated carbocycles. The molecule has 0 bridgehead atoms. The van der Waals surface area contributed by atoms with Gasteiger partial charge in [-0.1, -0.05) is 18.2 Å². The number of benzene rings is 1. The SMILES string of the molecule is N#CNc1[c]cccc1. The second-order valence-electron chi connectivity index (χ2n) is 1.51. The van der Waals surface area contributed by atoms with E-state index in [0.29, 0.717) is 5.69 Å². The molecule has 0 amide bonds. The summed E-state index contributed by atoms with van der Waals surface area (Å²) >= 11 is 0. The van der Waals surface area contributed by atoms with E-state index >= 15 is 0 Å². The summed E-state index contributed by atoms with van der Waals surface area (Å²) in [6, 6.07) is 10.1. The number of anilines is 1. The van der Waals surface area contributed by atoms with Crippen LogP contribution in [0, 0.1) is 17.5 Å². The van der Waals surface area contributed by atoms with E-state index in [1.54, 1.807) is 18.3 Å². The van der Waals surface area contributed by atoms with Gasteiger partial charge in [0, 0.05) is 6.07 Å². The molecule has 1 radical (unpaired) electrons. The molecule has 0 fully saturated rings. The first-order chi connectivity index (χ1) is 4.43. The van der Waals surface area contributed by atoms with Crippen molar-refractivity contribution in [1.82, 2.24) is 0 Å². The van der Waals surface area contributed by atoms with E-state index in [2.05, 4.69) is 11.4 Å². The van der Waals surface area contributed by atoms with Crippen molar-refractivity contribution in [2.45, 2.75) is 0 Å². The van der Waals surface area contributed by atoms with E-state index in [9.17, 15) is 0 Å². The zero-order valence-electron chi connectivity index (χ0n) is 4.76. The van der Waals surface area contributed by atoms with Gasteiger partial charge in [-0.25, -0.2) is 0 Å². The molecule has 1 rings (SSSR count). The van der Waals surface area contributed by atoms with Gasteiger partial charge >= 0.3 is 0 Å². The highest BCUT2D eigenvalue weighted by molar-refractivity contribution is 5.44. The van der Waals surface area contributed by atoms with Gasteiger partial charge in [-0.05, 0) is 6.07 Å². The predicted molar refractivity (Wildman–Crippen MR) is 34.5 cm³/mol. The van der Waals surface area contributed by atoms with E-state index in [1.165, 1.54) is 0 Å². The van der Waals surface area contributed by atoms with Crippen LogP contribution in [-0.2, 0) is 0 Å². The maximum atomic E-state index is 8.14. The molecule has 1 aromatic carbocycles. The lowest BCUT2D eigenvalue weighted by atomic mass is 10.3. The van der Waals surface area contributed by atoms with Gasteiger partial charge < -0.3 is 0 Å². The van der Waals surface area contributed by atoms with Crippen molar-refractivity contribution in [1.29, 1.82) is 5.26 Å². The van der Waals surface area contributed by atoms with E-state index in [0.717, 1.165) is 0 Å². The maximum absolute atomic E-state index is 8.14. The summed E-state index contributed by atoms with van der Waals surface area (Å²) in [4.78, 5) is 0. The standard InChI is InChI=1S/C7H5N2/c8-6-9-7-4-2-1-3-5-7/h1-4,9H. The summed E-state index contributed by atoms with van der Waals surface area (Å²) in [5.74, 6) is 0. The Morgan fingerprint density at radius 1 is 1.56 bits per heavy atom. The Bertz CT molecular complexity index is 210. The average Bonchev–Trinajstić information content (AvgIpc) is 1.91. The summed E-state index contributed by atoms with van der Waals surface area (Å²) < 4.78 is 0. The van der Waals surface area contributed by atoms with E-state index < -0.39 is 0 Å². The minimum Gasteiger partial charge on any atom is -0.292 e. The van der Waals surface area contributed by atoms with E-state index in [-0.39, 0.29) is 0 Å². The quantitative estimate of drug-likeness (QED) is 0.445. The number of nitrogens with zero attached hydrogens (tertiary/aromatic N) is 1. The van der Waals surface area contributed by atoms with Crippen molar-refractivity contribution in [3.8, 4) is 6.19 Å². The van der Waals surface area contributed by atoms with Crippen LogP contribution in [0.3, 0.4) is 0 Å². The Hall–Kier alpha value is -1.49. The van der Waals surface area contributed by atoms with Gasteiger partial charge in [-0.15, -0.1) is 0 Å². The predicted octanol–water partition coefficient (Wildman–Crippen LogP) is 1.38. The number of nitriles is 1. The lowest BCUT2D eigenvalue weighted by molar-refractivity contribution is 1.47. The summed E-state index contributed by atoms with van der Waals surface area (Å²) in [5, 5.41) is 10.6. The molecule has 0 spiro atoms. The van der Waals surface area contributed by atoms with E-state index in [1.807, 2.05) is 12.1 Å². The number of hydrogen-bond donors (Lipinski definition) is 1. The van der Waals surface area contributed by atoms with Crippen molar-refractivity contribution in [2.24, 2.45) is 0 Å². The van der Waals surface area contributed by atoms with Gasteiger partial charge in [0.1, 0.15) is 0 Å². The molecule has 9 heavy (non-hydrogen) atoms. The molecule has 2 nitrogen and oxygen atoms in total. The molecule has 2 heteroatoms. The smallest absolute Gasteiger partial charge is 0.181 e. The monoisotopic (exact) mass is 117 g/mol. The molecule has 0 aliphatic rings. The van der Waals surface area contributed by atoms with Gasteiger partial charge in [-0.2, -0.15) is 5.26 Å². The molecule has 0 aliphatic carbocycles. The summed E-state index contributed by atoms with van der Waals surface area (Å²) in [7, 11) is 0. The number of hydrogen-bond acceptors (Lipinski definition) is 2. The largest absolute Gasteiger partial charge is 0.292 e. The topological polar surface area (TPSA) is 35.8 Å². The van der Waals surface area contributed by atoms with Gasteiger partial charge in [-0.3, -0.25) is 5.32 Å². The van der Waals surface area contributed by atoms with Crippen molar-refractivity contribution >= 4 is 5.69 Å². The fraction of sp³-hybridized carbons (Fsp3) is 0. The van der Waals surface area contributed by atoms with Crippen LogP contribution in [-0.4, -0.2) is 0 Å². The molecule has 0 atom stereocenters. The van der Waals surface area contributed by atoms with Crippen LogP contribution in [0.15, 0.2) is 24.3 Å². The molecule has 43 valence electrons. The van der Waals surface area contributed by atoms with Crippen molar-refractivity contribution in [3.63, 3.8) is 0 Å². The van der Waals surface area contributed by atoms with E-state index in [4.69, 9.17) is 5.26 Å². The van der Waals surface area contributed by atoms with Crippen LogP contribution in [0.1, 0.15) is 0 Å². The highest BCUT2D eigenvalue weighted by atomic mass is 14.9. The first-order valence-electron chi connectivity index (χ1n) is 2.55. The van der Waals surface area contributed by atoms with Gasteiger partial charge in [0.15, 0.2) is 6.19 Å². The molecule has 0 aliphatic heterocycles. The third kappa shape index (κ3) is 1.46. The van der Waals surface area contributed by atoms with Gasteiger partial charge in [0.25, 0.3) is 0 Å². The third-order valence-electron chi connectivity index (χ3n) is 0.900. The van der Waals surface area contributed by atoms with Gasteiger partial charge in [0.2, 0.25) is 0 Å². The van der Waals surface area contributed by atoms with Gasteiger partial charge in [0.05, 0.1) is 5.69 Å². The molecule has 0 saturated heterocycles. The second kappa shape index (κ2) is 2.73. The maximum Gasteiger partial charge on any atom is 0.181 e. The average molecular weight is 117 g/mol. The lowest BCUT2D eigenvalue weighted by Gasteiger charge is -1.90. The van der Waals surface area contributed by atoms with Crippen LogP contribution in [0.2, 0.25) is 0 Å². The van der Waals surface area contributed by atoms with Crippen molar-refractivity contribution in [2.75, 3.05) is 5.32 Å². The minimum atomic E-state index is 0.708. The Kier molecular flexibility index (Phi) is 1.71. The highest BCUT2D eigenvalue weighted by Crippen LogP contribution is 2.01. The molecular weight excluding hydrogens is 112 g/mol. The normalized spacial score (nSPS) is 7.89. The Balaban J connectivity index is 2.76. The minimum absolute atomic E-state index is 0.708. The van der Waals surface area contributed by atoms with Crippen LogP contribution in [0.4, 0.5) is 5.69 Å². The number of rotatable bonds is 1. The van der Waals surface area contributed by atoms with Crippen LogP contribution in [0.5, 0.6) is 0 Å². The second-order valence-corrected chi connectivity index (χ2v) is 1.51. The van der Waals surface area contributed by atoms with Crippen LogP contribution >= 0.6 is 0 Å². The summed E-state index contributed by atoms with van der Waals surface area (Å²) in [6.45, 7) is 0. The zero-order chi connectivity index (χ0) is 6.53. The Morgan fingerprint density at radius 3 is 3.00 bits per heavy atom. The van der Waals surface area contributed by atoms with Crippen LogP contribution in [0.25, 0.3) is 0 Å². The lowest BCUT2D eigenvalue weighted by Crippen LogP contribution is -1.84. The zero-order valence-corrected chi connectivity index (χ0v) is 4.76. The Labute approximate surface area is 53.7 Å². The molecular formula is C7H5N2. The number of nitrogens with one attached hydrogen (secondary N) is 1. The first-order valence-corrected chi connectivity index (χ1v) is 2.55. The molecule has 0 unspecified atom stereocenters. The first kappa shape index (κ1) is 5.64. The molecule has 0 aromatic heterocycles. The molecule has 1 N–H and O–H groups in total. The van der Waals surface area contributed by atoms with Crippen molar-refractivity contribution < 1.29 is 0 Å². The number of para-hydroxylation sites is 1. The summed E-state index contributed by atoms with van der Waals surface area (Å²) in [5.41, 5.74) is 0.708. The highest BCUT2D eigenvalue weighted by Gasteiger charge is 1.82. The Morgan fingerprint density at radius 2 is 2.44 bits per heavy atom. The fourth-order valence-electron chi connectivity index (χ4n) is 0.531. The van der Waals surface area contributed by atoms with Crippen molar-refractivity contribution in [3.05, 3.63) is 30.3 Å². The summed E-state index contributed by atoms with van der Waals surface area (Å²) in [6.07, 6.45) is 1.80. The third-order valence-corrected chi connectivity index (χ3v) is 0.900. The van der Waals surface area contributed by atoms with Crippen LogP contribution < -0.4 is 5.32 Å². The molecule has 0 heterocycles.